The van der Waals surface area contributed by atoms with Gasteiger partial charge in [0.1, 0.15) is 28.5 Å². The van der Waals surface area contributed by atoms with Gasteiger partial charge in [-0.25, -0.2) is 32.3 Å². The van der Waals surface area contributed by atoms with Crippen molar-refractivity contribution in [2.24, 2.45) is 0 Å². The first-order chi connectivity index (χ1) is 16.7. The van der Waals surface area contributed by atoms with E-state index in [1.807, 2.05) is 6.07 Å². The molecule has 0 radical (unpaired) electrons. The summed E-state index contributed by atoms with van der Waals surface area (Å²) >= 11 is 5.40. The summed E-state index contributed by atoms with van der Waals surface area (Å²) in [5.74, 6) is 0.673. The number of nitrogens with zero attached hydrogens (tertiary/aromatic N) is 5. The lowest BCUT2D eigenvalue weighted by atomic mass is 9.91. The maximum atomic E-state index is 13.0. The molecule has 0 aromatic carbocycles. The fraction of sp³-hybridized carbons (Fsp3) is 0.435. The monoisotopic (exact) mass is 509 g/mol. The fourth-order valence-corrected chi connectivity index (χ4v) is 4.56. The Hall–Kier alpha value is -3.15. The predicted molar refractivity (Wildman–Crippen MR) is 125 cm³/mol. The number of nitrogens with one attached hydrogen (secondary N) is 1. The van der Waals surface area contributed by atoms with E-state index >= 15 is 0 Å². The summed E-state index contributed by atoms with van der Waals surface area (Å²) in [5.41, 5.74) is 0.476. The first-order valence-electron chi connectivity index (χ1n) is 11.2. The Morgan fingerprint density at radius 1 is 1.20 bits per heavy atom. The molecule has 0 bridgehead atoms. The minimum Gasteiger partial charge on any atom is -0.368 e. The van der Waals surface area contributed by atoms with E-state index in [-0.39, 0.29) is 23.7 Å². The van der Waals surface area contributed by atoms with Crippen molar-refractivity contribution in [3.63, 3.8) is 0 Å². The van der Waals surface area contributed by atoms with Crippen LogP contribution >= 0.6 is 0 Å². The van der Waals surface area contributed by atoms with Crippen LogP contribution in [0.2, 0.25) is 0 Å². The summed E-state index contributed by atoms with van der Waals surface area (Å²) in [4.78, 5) is 22.2. The highest BCUT2D eigenvalue weighted by Gasteiger charge is 2.34. The molecular formula is C23H25F4N6OS+. The van der Waals surface area contributed by atoms with Gasteiger partial charge in [-0.05, 0) is 37.1 Å². The second kappa shape index (κ2) is 10.6. The number of alkyl halides is 4. The Bertz CT molecular complexity index is 1190. The van der Waals surface area contributed by atoms with Gasteiger partial charge in [-0.15, -0.1) is 0 Å². The van der Waals surface area contributed by atoms with E-state index < -0.39 is 19.4 Å². The molecule has 1 fully saturated rings. The molecular weight excluding hydrogens is 484 g/mol. The third kappa shape index (κ3) is 5.75. The highest BCUT2D eigenvalue weighted by atomic mass is 32.1. The average Bonchev–Trinajstić information content (AvgIpc) is 3.29. The van der Waals surface area contributed by atoms with E-state index in [1.165, 1.54) is 34.4 Å². The van der Waals surface area contributed by atoms with Crippen molar-refractivity contribution in [2.45, 2.75) is 50.6 Å². The van der Waals surface area contributed by atoms with Crippen molar-refractivity contribution in [1.82, 2.24) is 14.4 Å². The van der Waals surface area contributed by atoms with E-state index in [1.54, 1.807) is 22.6 Å². The van der Waals surface area contributed by atoms with E-state index in [9.17, 15) is 22.4 Å². The molecule has 12 heteroatoms. The maximum Gasteiger partial charge on any atom is 0.435 e. The molecule has 0 atom stereocenters. The highest BCUT2D eigenvalue weighted by molar-refractivity contribution is 7.44. The first kappa shape index (κ1) is 25.0. The van der Waals surface area contributed by atoms with E-state index in [0.717, 1.165) is 12.8 Å². The van der Waals surface area contributed by atoms with Gasteiger partial charge in [0.25, 0.3) is 25.3 Å². The van der Waals surface area contributed by atoms with Gasteiger partial charge in [0.15, 0.2) is 6.04 Å². The van der Waals surface area contributed by atoms with E-state index in [4.69, 9.17) is 12.4 Å². The van der Waals surface area contributed by atoms with Crippen molar-refractivity contribution in [3.05, 3.63) is 54.0 Å². The molecule has 0 unspecified atom stereocenters. The van der Waals surface area contributed by atoms with Crippen LogP contribution < -0.4 is 10.2 Å². The average molecular weight is 510 g/mol. The summed E-state index contributed by atoms with van der Waals surface area (Å²) < 4.78 is 54.1. The Balaban J connectivity index is 1.34. The van der Waals surface area contributed by atoms with Crippen LogP contribution in [0.5, 0.6) is 0 Å². The lowest BCUT2D eigenvalue weighted by Gasteiger charge is -2.26. The number of imidazole rings is 1. The van der Waals surface area contributed by atoms with Crippen LogP contribution in [-0.4, -0.2) is 56.3 Å². The molecule has 3 aromatic heterocycles. The number of hydrogen-bond donors (Lipinski definition) is 1. The number of fused-ring (bicyclic) bond motifs is 1. The summed E-state index contributed by atoms with van der Waals surface area (Å²) in [6.45, 7) is -0.451. The van der Waals surface area contributed by atoms with Gasteiger partial charge in [-0.1, -0.05) is 10.0 Å². The van der Waals surface area contributed by atoms with Crippen LogP contribution in [0, 0.1) is 0 Å². The quantitative estimate of drug-likeness (QED) is 0.352. The van der Waals surface area contributed by atoms with Crippen molar-refractivity contribution >= 4 is 35.6 Å². The summed E-state index contributed by atoms with van der Waals surface area (Å²) in [6.07, 6.45) is 0.405. The minimum absolute atomic E-state index is 0.0964. The zero-order chi connectivity index (χ0) is 25.1. The van der Waals surface area contributed by atoms with E-state index in [0.29, 0.717) is 35.7 Å². The Kier molecular flexibility index (Phi) is 7.58. The molecule has 186 valence electrons. The third-order valence-corrected chi connectivity index (χ3v) is 6.58. The van der Waals surface area contributed by atoms with Crippen LogP contribution in [0.25, 0.3) is 5.65 Å². The molecule has 0 aliphatic heterocycles. The van der Waals surface area contributed by atoms with Crippen LogP contribution in [0.4, 0.5) is 29.2 Å². The fourth-order valence-electron chi connectivity index (χ4n) is 4.25. The van der Waals surface area contributed by atoms with Gasteiger partial charge in [0.05, 0.1) is 6.54 Å². The number of pyridine rings is 2. The molecule has 1 aliphatic carbocycles. The lowest BCUT2D eigenvalue weighted by Crippen LogP contribution is -2.37. The summed E-state index contributed by atoms with van der Waals surface area (Å²) in [6, 6.07) is 8.28. The third-order valence-electron chi connectivity index (χ3n) is 6.11. The smallest absolute Gasteiger partial charge is 0.368 e. The van der Waals surface area contributed by atoms with Crippen molar-refractivity contribution < 1.29 is 26.3 Å². The Morgan fingerprint density at radius 3 is 2.57 bits per heavy atom. The van der Waals surface area contributed by atoms with Crippen molar-refractivity contribution in [2.75, 3.05) is 23.8 Å². The molecule has 7 nitrogen and oxygen atoms in total. The largest absolute Gasteiger partial charge is 0.435 e. The zero-order valence-electron chi connectivity index (χ0n) is 19.0. The number of halogens is 4. The Labute approximate surface area is 204 Å². The number of rotatable bonds is 8. The molecule has 1 saturated carbocycles. The normalized spacial score (nSPS) is 18.3. The maximum absolute atomic E-state index is 13.0. The van der Waals surface area contributed by atoms with Crippen LogP contribution in [0.15, 0.2) is 42.7 Å². The molecule has 1 aliphatic rings. The second-order valence-corrected chi connectivity index (χ2v) is 8.96. The zero-order valence-corrected chi connectivity index (χ0v) is 19.8. The Morgan fingerprint density at radius 2 is 1.94 bits per heavy atom. The summed E-state index contributed by atoms with van der Waals surface area (Å²) in [7, 11) is 1.51. The number of hydrogen-bond acceptors (Lipinski definition) is 6. The molecule has 35 heavy (non-hydrogen) atoms. The number of anilines is 2. The van der Waals surface area contributed by atoms with Gasteiger partial charge in [0, 0.05) is 38.3 Å². The van der Waals surface area contributed by atoms with Gasteiger partial charge >= 0.3 is 5.91 Å². The molecule has 1 N–H and O–H groups in total. The molecule has 0 saturated heterocycles. The number of carbonyl (C=O) groups is 1. The number of amides is 1. The minimum atomic E-state index is -2.64. The van der Waals surface area contributed by atoms with Crippen molar-refractivity contribution in [1.29, 1.82) is 0 Å². The van der Waals surface area contributed by atoms with E-state index in [2.05, 4.69) is 15.3 Å². The SMILES string of the molecule is CN(CC(F)F)c1ccc(C(=O)[N+](=S)C2CCC(Nc3cccc4nc(C(F)F)cn34)CC2)cn1. The standard InChI is InChI=1S/C23H25F4N6OS/c1-31(13-18(24)25)19-10-5-14(11-28-19)23(34)33(35)16-8-6-15(7-9-16)29-20-3-2-4-21-30-17(22(26)27)12-32(20)21/h2-5,10-12,15-16,18,22,29H,6-9,13H2,1H3/q+1. The second-order valence-electron chi connectivity index (χ2n) is 8.56. The van der Waals surface area contributed by atoms with Gasteiger partial charge in [-0.2, -0.15) is 0 Å². The number of aromatic nitrogens is 3. The van der Waals surface area contributed by atoms with Crippen LogP contribution in [0.1, 0.15) is 48.2 Å². The first-order valence-corrected chi connectivity index (χ1v) is 11.6. The number of carbonyl (C=O) groups excluding carboxylic acids is 1. The van der Waals surface area contributed by atoms with Crippen LogP contribution in [-0.2, 0) is 12.4 Å². The predicted octanol–water partition coefficient (Wildman–Crippen LogP) is 4.67. The van der Waals surface area contributed by atoms with Gasteiger partial charge in [0.2, 0.25) is 0 Å². The molecule has 0 spiro atoms. The summed E-state index contributed by atoms with van der Waals surface area (Å²) in [5, 5.41) is 3.40. The molecule has 3 heterocycles. The topological polar surface area (TPSA) is 65.5 Å². The molecule has 3 aromatic rings. The lowest BCUT2D eigenvalue weighted by molar-refractivity contribution is -0.448. The van der Waals surface area contributed by atoms with Gasteiger partial charge in [-0.3, -0.25) is 4.40 Å². The molecule has 1 amide bonds. The van der Waals surface area contributed by atoms with Gasteiger partial charge < -0.3 is 10.2 Å². The molecule has 4 rings (SSSR count). The van der Waals surface area contributed by atoms with Crippen molar-refractivity contribution in [3.8, 4) is 0 Å². The highest BCUT2D eigenvalue weighted by Crippen LogP contribution is 2.26. The van der Waals surface area contributed by atoms with Crippen LogP contribution in [0.3, 0.4) is 0 Å².